The molecule has 17 heavy (non-hydrogen) atoms. The Balaban J connectivity index is 0.00000256. The van der Waals surface area contributed by atoms with Crippen LogP contribution in [0.4, 0.5) is 0 Å². The Morgan fingerprint density at radius 3 is 2.47 bits per heavy atom. The van der Waals surface area contributed by atoms with Crippen LogP contribution in [-0.4, -0.2) is 13.2 Å². The number of halogens is 2. The number of hydrogen-bond acceptors (Lipinski definition) is 2. The van der Waals surface area contributed by atoms with Crippen LogP contribution in [0.5, 0.6) is 5.75 Å². The third kappa shape index (κ3) is 5.97. The first kappa shape index (κ1) is 16.3. The van der Waals surface area contributed by atoms with Gasteiger partial charge in [0.15, 0.2) is 0 Å². The average Bonchev–Trinajstić information content (AvgIpc) is 2.33. The fourth-order valence-electron chi connectivity index (χ4n) is 1.43. The van der Waals surface area contributed by atoms with E-state index < -0.39 is 0 Å². The molecule has 0 saturated carbocycles. The monoisotopic (exact) mass is 275 g/mol. The van der Waals surface area contributed by atoms with Crippen molar-refractivity contribution in [2.24, 2.45) is 5.73 Å². The number of hydrogen-bond donors (Lipinski definition) is 1. The van der Waals surface area contributed by atoms with Crippen molar-refractivity contribution in [3.8, 4) is 5.75 Å². The first-order valence-electron chi connectivity index (χ1n) is 5.50. The molecule has 96 valence electrons. The fourth-order valence-corrected chi connectivity index (χ4v) is 1.62. The average molecular weight is 276 g/mol. The molecule has 0 amide bonds. The molecule has 0 aliphatic rings. The molecule has 0 fully saturated rings. The Labute approximate surface area is 114 Å². The van der Waals surface area contributed by atoms with Gasteiger partial charge in [0.1, 0.15) is 5.75 Å². The number of benzene rings is 1. The molecule has 2 N–H and O–H groups in total. The molecule has 2 nitrogen and oxygen atoms in total. The zero-order valence-corrected chi connectivity index (χ0v) is 11.6. The molecule has 0 aliphatic carbocycles. The van der Waals surface area contributed by atoms with Crippen molar-refractivity contribution in [3.05, 3.63) is 40.9 Å². The molecule has 0 spiro atoms. The first-order chi connectivity index (χ1) is 7.80. The van der Waals surface area contributed by atoms with E-state index in [4.69, 9.17) is 22.1 Å². The summed E-state index contributed by atoms with van der Waals surface area (Å²) >= 11 is 5.64. The maximum atomic E-state index is 5.64. The Bertz CT molecular complexity index is 336. The highest BCUT2D eigenvalue weighted by Crippen LogP contribution is 2.15. The van der Waals surface area contributed by atoms with E-state index in [1.54, 1.807) is 5.54 Å². The second-order valence-electron chi connectivity index (χ2n) is 3.55. The summed E-state index contributed by atoms with van der Waals surface area (Å²) < 4.78 is 5.38. The maximum Gasteiger partial charge on any atom is 0.119 e. The highest BCUT2D eigenvalue weighted by molar-refractivity contribution is 6.25. The summed E-state index contributed by atoms with van der Waals surface area (Å²) in [5.41, 5.74) is 9.47. The highest BCUT2D eigenvalue weighted by Gasteiger charge is 1.98. The van der Waals surface area contributed by atoms with Crippen molar-refractivity contribution < 1.29 is 4.74 Å². The Morgan fingerprint density at radius 1 is 1.35 bits per heavy atom. The topological polar surface area (TPSA) is 35.2 Å². The molecule has 4 heteroatoms. The van der Waals surface area contributed by atoms with Crippen molar-refractivity contribution in [3.63, 3.8) is 0 Å². The lowest BCUT2D eigenvalue weighted by Crippen LogP contribution is -2.03. The minimum absolute atomic E-state index is 0. The van der Waals surface area contributed by atoms with E-state index in [0.29, 0.717) is 13.2 Å². The van der Waals surface area contributed by atoms with Gasteiger partial charge >= 0.3 is 0 Å². The molecule has 1 aromatic carbocycles. The number of rotatable bonds is 6. The third-order valence-electron chi connectivity index (χ3n) is 2.39. The van der Waals surface area contributed by atoms with E-state index in [-0.39, 0.29) is 12.4 Å². The highest BCUT2D eigenvalue weighted by atomic mass is 35.5. The van der Waals surface area contributed by atoms with Crippen LogP contribution in [0.1, 0.15) is 18.9 Å². The van der Waals surface area contributed by atoms with Crippen molar-refractivity contribution in [1.82, 2.24) is 0 Å². The van der Waals surface area contributed by atoms with Crippen molar-refractivity contribution >= 4 is 24.0 Å². The first-order valence-corrected chi connectivity index (χ1v) is 5.93. The van der Waals surface area contributed by atoms with E-state index in [1.807, 2.05) is 19.1 Å². The molecular formula is C13H19Cl2NO. The van der Waals surface area contributed by atoms with E-state index >= 15 is 0 Å². The SMILES string of the molecule is CCOc1ccc(CC/C(=C\Cl)CN)cc1.Cl. The number of nitrogens with two attached hydrogens (primary N) is 1. The largest absolute Gasteiger partial charge is 0.494 e. The van der Waals surface area contributed by atoms with E-state index in [0.717, 1.165) is 24.2 Å². The van der Waals surface area contributed by atoms with E-state index in [9.17, 15) is 0 Å². The summed E-state index contributed by atoms with van der Waals surface area (Å²) in [6.07, 6.45) is 1.87. The molecule has 1 rings (SSSR count). The van der Waals surface area contributed by atoms with Gasteiger partial charge < -0.3 is 10.5 Å². The van der Waals surface area contributed by atoms with Crippen molar-refractivity contribution in [2.45, 2.75) is 19.8 Å². The van der Waals surface area contributed by atoms with Crippen LogP contribution in [0.25, 0.3) is 0 Å². The van der Waals surface area contributed by atoms with Crippen LogP contribution in [0, 0.1) is 0 Å². The molecule has 0 heterocycles. The summed E-state index contributed by atoms with van der Waals surface area (Å²) in [4.78, 5) is 0. The van der Waals surface area contributed by atoms with Crippen LogP contribution in [0.2, 0.25) is 0 Å². The van der Waals surface area contributed by atoms with Gasteiger partial charge in [0.05, 0.1) is 6.61 Å². The molecular weight excluding hydrogens is 257 g/mol. The Morgan fingerprint density at radius 2 is 2.00 bits per heavy atom. The molecule has 0 aromatic heterocycles. The van der Waals surface area contributed by atoms with Crippen molar-refractivity contribution in [2.75, 3.05) is 13.2 Å². The van der Waals surface area contributed by atoms with Gasteiger partial charge in [-0.1, -0.05) is 23.7 Å². The maximum absolute atomic E-state index is 5.64. The van der Waals surface area contributed by atoms with Gasteiger partial charge in [0.25, 0.3) is 0 Å². The van der Waals surface area contributed by atoms with Gasteiger partial charge in [-0.05, 0) is 43.0 Å². The summed E-state index contributed by atoms with van der Waals surface area (Å²) in [5.74, 6) is 0.915. The fraction of sp³-hybridized carbons (Fsp3) is 0.385. The minimum Gasteiger partial charge on any atom is -0.494 e. The van der Waals surface area contributed by atoms with Gasteiger partial charge in [-0.3, -0.25) is 0 Å². The summed E-state index contributed by atoms with van der Waals surface area (Å²) in [5, 5.41) is 0. The van der Waals surface area contributed by atoms with Crippen LogP contribution < -0.4 is 10.5 Å². The van der Waals surface area contributed by atoms with Gasteiger partial charge in [0.2, 0.25) is 0 Å². The normalized spacial score (nSPS) is 10.9. The smallest absolute Gasteiger partial charge is 0.119 e. The van der Waals surface area contributed by atoms with Crippen LogP contribution in [-0.2, 0) is 6.42 Å². The molecule has 1 aromatic rings. The lowest BCUT2D eigenvalue weighted by molar-refractivity contribution is 0.340. The van der Waals surface area contributed by atoms with Gasteiger partial charge in [-0.2, -0.15) is 0 Å². The third-order valence-corrected chi connectivity index (χ3v) is 2.69. The zero-order valence-electron chi connectivity index (χ0n) is 9.99. The summed E-state index contributed by atoms with van der Waals surface area (Å²) in [6, 6.07) is 8.14. The van der Waals surface area contributed by atoms with E-state index in [1.165, 1.54) is 5.56 Å². The summed E-state index contributed by atoms with van der Waals surface area (Å²) in [7, 11) is 0. The molecule has 0 aliphatic heterocycles. The van der Waals surface area contributed by atoms with Crippen LogP contribution >= 0.6 is 24.0 Å². The zero-order chi connectivity index (χ0) is 11.8. The minimum atomic E-state index is 0. The molecule has 0 unspecified atom stereocenters. The Kier molecular flexibility index (Phi) is 8.96. The van der Waals surface area contributed by atoms with Crippen molar-refractivity contribution in [1.29, 1.82) is 0 Å². The van der Waals surface area contributed by atoms with Crippen LogP contribution in [0.15, 0.2) is 35.4 Å². The Hall–Kier alpha value is -0.700. The molecule has 0 saturated heterocycles. The lowest BCUT2D eigenvalue weighted by atomic mass is 10.1. The van der Waals surface area contributed by atoms with Gasteiger partial charge in [-0.15, -0.1) is 12.4 Å². The predicted octanol–water partition coefficient (Wildman–Crippen LogP) is 3.52. The number of aryl methyl sites for hydroxylation is 1. The molecule has 0 bridgehead atoms. The van der Waals surface area contributed by atoms with Gasteiger partial charge in [0, 0.05) is 12.1 Å². The number of ether oxygens (including phenoxy) is 1. The van der Waals surface area contributed by atoms with Crippen LogP contribution in [0.3, 0.4) is 0 Å². The quantitative estimate of drug-likeness (QED) is 0.862. The predicted molar refractivity (Wildman–Crippen MR) is 76.2 cm³/mol. The second-order valence-corrected chi connectivity index (χ2v) is 3.77. The lowest BCUT2D eigenvalue weighted by Gasteiger charge is -2.06. The standard InChI is InChI=1S/C13H18ClNO.ClH/c1-2-16-13-7-5-11(6-8-13)3-4-12(9-14)10-15;/h5-9H,2-4,10,15H2,1H3;1H/b12-9+;. The molecule has 0 atom stereocenters. The van der Waals surface area contributed by atoms with E-state index in [2.05, 4.69) is 12.1 Å². The molecule has 0 radical (unpaired) electrons. The second kappa shape index (κ2) is 9.34. The summed E-state index contributed by atoms with van der Waals surface area (Å²) in [6.45, 7) is 3.21. The van der Waals surface area contributed by atoms with Gasteiger partial charge in [-0.25, -0.2) is 0 Å².